The van der Waals surface area contributed by atoms with Crippen LogP contribution >= 0.6 is 11.6 Å². The number of amides is 5. The summed E-state index contributed by atoms with van der Waals surface area (Å²) in [6.45, 7) is 9.69. The zero-order valence-electron chi connectivity index (χ0n) is 48.2. The van der Waals surface area contributed by atoms with Crippen LogP contribution in [-0.4, -0.2) is 95.9 Å². The molecule has 442 valence electrons. The molecular weight excluding hydrogens is 1100 g/mol. The highest BCUT2D eigenvalue weighted by atomic mass is 35.5. The number of hydrogen-bond donors (Lipinski definition) is 7. The van der Waals surface area contributed by atoms with Crippen LogP contribution in [0.1, 0.15) is 68.6 Å². The molecule has 6 heterocycles. The molecule has 0 bridgehead atoms. The van der Waals surface area contributed by atoms with Gasteiger partial charge in [-0.2, -0.15) is 0 Å². The molecule has 5 amide bonds. The van der Waals surface area contributed by atoms with Gasteiger partial charge in [0.1, 0.15) is 27.6 Å². The molecule has 86 heavy (non-hydrogen) atoms. The number of benzene rings is 6. The van der Waals surface area contributed by atoms with Gasteiger partial charge in [0.25, 0.3) is 11.8 Å². The maximum atomic E-state index is 13.0. The zero-order valence-corrected chi connectivity index (χ0v) is 48.9. The van der Waals surface area contributed by atoms with Crippen molar-refractivity contribution in [3.63, 3.8) is 0 Å². The largest absolute Gasteiger partial charge is 0.444 e. The van der Waals surface area contributed by atoms with Crippen LogP contribution in [0.3, 0.4) is 0 Å². The first kappa shape index (κ1) is 59.4. The molecule has 4 aliphatic heterocycles. The Balaban J connectivity index is 0.000000166. The van der Waals surface area contributed by atoms with E-state index >= 15 is 0 Å². The van der Waals surface area contributed by atoms with Crippen LogP contribution in [0.4, 0.5) is 44.7 Å². The van der Waals surface area contributed by atoms with E-state index in [1.54, 1.807) is 57.3 Å². The lowest BCUT2D eigenvalue weighted by Crippen LogP contribution is -2.56. The monoisotopic (exact) mass is 1180 g/mol. The van der Waals surface area contributed by atoms with Crippen molar-refractivity contribution in [2.45, 2.75) is 63.1 Å². The first-order valence-electron chi connectivity index (χ1n) is 28.6. The molecular formula is C67H71ClN12O6. The maximum Gasteiger partial charge on any atom is 0.412 e. The van der Waals surface area contributed by atoms with Crippen molar-refractivity contribution in [3.05, 3.63) is 211 Å². The Labute approximate surface area is 507 Å². The van der Waals surface area contributed by atoms with Gasteiger partial charge in [-0.1, -0.05) is 121 Å². The van der Waals surface area contributed by atoms with Gasteiger partial charge in [0.05, 0.1) is 47.2 Å². The minimum atomic E-state index is -0.646. The molecule has 12 rings (SSSR count). The van der Waals surface area contributed by atoms with Gasteiger partial charge in [0.15, 0.2) is 0 Å². The van der Waals surface area contributed by atoms with Gasteiger partial charge in [-0.3, -0.25) is 24.5 Å². The molecule has 0 atom stereocenters. The van der Waals surface area contributed by atoms with E-state index in [2.05, 4.69) is 68.7 Å². The van der Waals surface area contributed by atoms with Crippen LogP contribution in [0.25, 0.3) is 22.3 Å². The SMILES string of the molecule is CC(C)(C)OC(=O)Nc1ccc(-c2ccccc2)cc1NC(=O)c1ccc(Cl)nc1.Nc1ccc(-c2ccccc2)cc1NC(=O)c1ccc(N2CCC3(CC2)C(=O)NCN3c2ccccc2)nc1.O=C1NCN(c2ccccc2)C12CCNCC2.[2HH]. The average molecular weight is 1180 g/mol. The Morgan fingerprint density at radius 2 is 1.03 bits per heavy atom. The number of aromatic nitrogens is 2. The fraction of sp³-hybridized carbons (Fsp3) is 0.239. The summed E-state index contributed by atoms with van der Waals surface area (Å²) in [5.74, 6) is 0.405. The quantitative estimate of drug-likeness (QED) is 0.0500. The van der Waals surface area contributed by atoms with Crippen LogP contribution in [0.15, 0.2) is 194 Å². The molecule has 8 N–H and O–H groups in total. The Morgan fingerprint density at radius 1 is 0.558 bits per heavy atom. The lowest BCUT2D eigenvalue weighted by molar-refractivity contribution is -0.125. The summed E-state index contributed by atoms with van der Waals surface area (Å²) in [4.78, 5) is 78.1. The normalized spacial score (nSPS) is 15.7. The number of rotatable bonds is 10. The van der Waals surface area contributed by atoms with E-state index in [4.69, 9.17) is 22.1 Å². The Hall–Kier alpha value is -9.78. The molecule has 4 aliphatic rings. The predicted molar refractivity (Wildman–Crippen MR) is 342 cm³/mol. The molecule has 8 aromatic rings. The molecule has 4 saturated heterocycles. The van der Waals surface area contributed by atoms with Crippen LogP contribution in [0.2, 0.25) is 5.15 Å². The van der Waals surface area contributed by atoms with Crippen molar-refractivity contribution in [2.24, 2.45) is 0 Å². The van der Waals surface area contributed by atoms with E-state index in [0.29, 0.717) is 78.3 Å². The van der Waals surface area contributed by atoms with Crippen molar-refractivity contribution in [2.75, 3.05) is 75.9 Å². The molecule has 0 unspecified atom stereocenters. The van der Waals surface area contributed by atoms with Crippen LogP contribution in [0, 0.1) is 0 Å². The number of nitrogen functional groups attached to an aromatic ring is 1. The summed E-state index contributed by atoms with van der Waals surface area (Å²) < 4.78 is 5.33. The number of ether oxygens (including phenoxy) is 1. The highest BCUT2D eigenvalue weighted by molar-refractivity contribution is 6.29. The number of carbonyl (C=O) groups excluding carboxylic acids is 5. The van der Waals surface area contributed by atoms with Crippen molar-refractivity contribution in [1.29, 1.82) is 0 Å². The van der Waals surface area contributed by atoms with Gasteiger partial charge in [-0.05, 0) is 155 Å². The molecule has 19 heteroatoms. The van der Waals surface area contributed by atoms with Crippen molar-refractivity contribution >= 4 is 81.3 Å². The van der Waals surface area contributed by atoms with Gasteiger partial charge in [-0.15, -0.1) is 0 Å². The van der Waals surface area contributed by atoms with Gasteiger partial charge in [0, 0.05) is 38.3 Å². The van der Waals surface area contributed by atoms with Gasteiger partial charge in [0.2, 0.25) is 11.8 Å². The standard InChI is InChI=1S/C31H30N6O2.C23H22ClN3O3.C13H17N3O.H2/c32-26-13-11-23(22-7-3-1-4-8-22)19-27(26)35-29(38)24-12-14-28(33-20-24)36-17-15-31(16-18-36)30(39)34-21-37(31)25-9-5-2-6-10-25;1-23(2,3)30-22(29)27-18-11-9-16(15-7-5-4-6-8-15)13-19(18)26-21(28)17-10-12-20(24)25-14-17;17-12-13(6-8-14-9-7-13)16(10-15-12)11-4-2-1-3-5-11;/h1-14,19-20H,15-18,21,32H2,(H,34,39)(H,35,38);4-14H,1-3H3,(H,26,28)(H,27,29);1-5,14H,6-10H2,(H,15,17);1H/i;;;1+1. The fourth-order valence-electron chi connectivity index (χ4n) is 11.1. The number of carbonyl (C=O) groups is 5. The molecule has 18 nitrogen and oxygen atoms in total. The first-order chi connectivity index (χ1) is 41.6. The maximum absolute atomic E-state index is 13.0. The Kier molecular flexibility index (Phi) is 18.2. The number of halogens is 1. The molecule has 0 radical (unpaired) electrons. The molecule has 6 aromatic carbocycles. The minimum absolute atomic E-state index is 0. The van der Waals surface area contributed by atoms with Crippen LogP contribution < -0.4 is 52.3 Å². The number of piperidine rings is 2. The Bertz CT molecular complexity index is 3660. The molecule has 0 aliphatic carbocycles. The van der Waals surface area contributed by atoms with E-state index in [1.807, 2.05) is 133 Å². The summed E-state index contributed by atoms with van der Waals surface area (Å²) in [7, 11) is 0. The average Bonchev–Trinajstić information content (AvgIpc) is 1.83. The van der Waals surface area contributed by atoms with Crippen molar-refractivity contribution < 1.29 is 30.1 Å². The third-order valence-electron chi connectivity index (χ3n) is 15.6. The topological polar surface area (TPSA) is 228 Å². The summed E-state index contributed by atoms with van der Waals surface area (Å²) in [6, 6.07) is 57.7. The second kappa shape index (κ2) is 26.4. The molecule has 2 spiro atoms. The number of pyridine rings is 2. The van der Waals surface area contributed by atoms with E-state index in [1.165, 1.54) is 12.3 Å². The van der Waals surface area contributed by atoms with E-state index in [0.717, 1.165) is 65.4 Å². The van der Waals surface area contributed by atoms with Crippen LogP contribution in [-0.2, 0) is 14.3 Å². The predicted octanol–water partition coefficient (Wildman–Crippen LogP) is 11.5. The second-order valence-electron chi connectivity index (χ2n) is 22.3. The number of nitrogens with zero attached hydrogens (tertiary/aromatic N) is 5. The number of nitrogens with one attached hydrogen (secondary N) is 6. The van der Waals surface area contributed by atoms with Gasteiger partial charge >= 0.3 is 6.09 Å². The highest BCUT2D eigenvalue weighted by Gasteiger charge is 2.51. The third-order valence-corrected chi connectivity index (χ3v) is 15.8. The van der Waals surface area contributed by atoms with E-state index in [-0.39, 0.29) is 30.6 Å². The van der Waals surface area contributed by atoms with E-state index in [9.17, 15) is 24.0 Å². The minimum Gasteiger partial charge on any atom is -0.444 e. The molecule has 2 aromatic heterocycles. The Morgan fingerprint density at radius 3 is 1.53 bits per heavy atom. The van der Waals surface area contributed by atoms with Crippen molar-refractivity contribution in [3.8, 4) is 22.3 Å². The number of anilines is 7. The number of nitrogens with two attached hydrogens (primary N) is 1. The summed E-state index contributed by atoms with van der Waals surface area (Å²) in [5, 5.41) is 18.1. The number of hydrogen-bond acceptors (Lipinski definition) is 13. The lowest BCUT2D eigenvalue weighted by atomic mass is 9.85. The third kappa shape index (κ3) is 13.9. The highest BCUT2D eigenvalue weighted by Crippen LogP contribution is 2.38. The smallest absolute Gasteiger partial charge is 0.412 e. The number of para-hydroxylation sites is 2. The summed E-state index contributed by atoms with van der Waals surface area (Å²) >= 11 is 5.80. The summed E-state index contributed by atoms with van der Waals surface area (Å²) in [5.41, 5.74) is 13.4. The van der Waals surface area contributed by atoms with Gasteiger partial charge < -0.3 is 51.8 Å². The van der Waals surface area contributed by atoms with Crippen molar-refractivity contribution in [1.82, 2.24) is 25.9 Å². The summed E-state index contributed by atoms with van der Waals surface area (Å²) in [6.07, 6.45) is 5.51. The lowest BCUT2D eigenvalue weighted by Gasteiger charge is -2.43. The molecule has 4 fully saturated rings. The fourth-order valence-corrected chi connectivity index (χ4v) is 11.2. The van der Waals surface area contributed by atoms with Gasteiger partial charge in [-0.25, -0.2) is 14.8 Å². The first-order valence-corrected chi connectivity index (χ1v) is 29.0. The zero-order chi connectivity index (χ0) is 60.3. The molecule has 0 saturated carbocycles. The second-order valence-corrected chi connectivity index (χ2v) is 22.6. The van der Waals surface area contributed by atoms with E-state index < -0.39 is 17.2 Å². The van der Waals surface area contributed by atoms with Crippen LogP contribution in [0.5, 0.6) is 0 Å².